The van der Waals surface area contributed by atoms with Crippen molar-refractivity contribution < 1.29 is 24.2 Å². The molecule has 0 radical (unpaired) electrons. The number of carbonyl (C=O) groups excluding carboxylic acids is 2. The molecule has 2 unspecified atom stereocenters. The number of aliphatic carboxylic acids is 1. The van der Waals surface area contributed by atoms with Crippen molar-refractivity contribution in [3.8, 4) is 0 Å². The summed E-state index contributed by atoms with van der Waals surface area (Å²) in [4.78, 5) is 37.9. The number of methoxy groups -OCH3 is 1. The van der Waals surface area contributed by atoms with Gasteiger partial charge in [0.25, 0.3) is 0 Å². The van der Waals surface area contributed by atoms with Crippen molar-refractivity contribution in [2.24, 2.45) is 5.92 Å². The zero-order valence-electron chi connectivity index (χ0n) is 12.7. The minimum Gasteiger partial charge on any atom is -0.479 e. The number of ether oxygens (including phenoxy) is 1. The summed E-state index contributed by atoms with van der Waals surface area (Å²) in [5, 5.41) is 11.4. The number of piperidine rings is 1. The third-order valence-corrected chi connectivity index (χ3v) is 3.47. The third-order valence-electron chi connectivity index (χ3n) is 3.47. The highest BCUT2D eigenvalue weighted by atomic mass is 16.5. The first kappa shape index (κ1) is 17.2. The van der Waals surface area contributed by atoms with Crippen LogP contribution in [0.4, 0.5) is 4.79 Å². The molecule has 0 aliphatic carbocycles. The first-order valence-corrected chi connectivity index (χ1v) is 6.86. The molecule has 1 saturated heterocycles. The van der Waals surface area contributed by atoms with Crippen LogP contribution in [0, 0.1) is 5.92 Å². The number of likely N-dealkylation sites (tertiary alicyclic amines) is 1. The largest absolute Gasteiger partial charge is 0.479 e. The van der Waals surface area contributed by atoms with Crippen LogP contribution in [0.5, 0.6) is 0 Å². The Morgan fingerprint density at radius 2 is 2.10 bits per heavy atom. The number of carbonyl (C=O) groups is 3. The Hall–Kier alpha value is -1.83. The summed E-state index contributed by atoms with van der Waals surface area (Å²) in [6.07, 6.45) is 0.384. The number of carboxylic acid groups (broad SMARTS) is 1. The van der Waals surface area contributed by atoms with E-state index < -0.39 is 12.1 Å². The number of hydrogen-bond donors (Lipinski definition) is 2. The molecule has 0 aromatic carbocycles. The highest BCUT2D eigenvalue weighted by Crippen LogP contribution is 2.17. The Morgan fingerprint density at radius 1 is 1.43 bits per heavy atom. The number of hydrogen-bond acceptors (Lipinski definition) is 4. The van der Waals surface area contributed by atoms with Crippen LogP contribution >= 0.6 is 0 Å². The highest BCUT2D eigenvalue weighted by Gasteiger charge is 2.29. The van der Waals surface area contributed by atoms with Gasteiger partial charge in [0, 0.05) is 34.3 Å². The third kappa shape index (κ3) is 4.89. The summed E-state index contributed by atoms with van der Waals surface area (Å²) in [6, 6.07) is -0.118. The predicted molar refractivity (Wildman–Crippen MR) is 74.8 cm³/mol. The lowest BCUT2D eigenvalue weighted by Gasteiger charge is -2.33. The molecule has 120 valence electrons. The molecule has 1 heterocycles. The number of nitrogens with one attached hydrogen (secondary N) is 1. The molecule has 0 bridgehead atoms. The van der Waals surface area contributed by atoms with Crippen LogP contribution in [-0.2, 0) is 14.3 Å². The lowest BCUT2D eigenvalue weighted by molar-refractivity contribution is -0.148. The summed E-state index contributed by atoms with van der Waals surface area (Å²) in [7, 11) is 4.62. The molecule has 8 heteroatoms. The number of rotatable bonds is 5. The van der Waals surface area contributed by atoms with Gasteiger partial charge in [0.05, 0.1) is 12.5 Å². The maximum Gasteiger partial charge on any atom is 0.334 e. The molecule has 2 atom stereocenters. The molecule has 0 aromatic rings. The molecule has 1 aliphatic rings. The number of amides is 3. The normalized spacial score (nSPS) is 19.8. The number of urea groups is 1. The zero-order valence-corrected chi connectivity index (χ0v) is 12.7. The van der Waals surface area contributed by atoms with Gasteiger partial charge in [0.15, 0.2) is 6.10 Å². The van der Waals surface area contributed by atoms with E-state index in [4.69, 9.17) is 9.84 Å². The van der Waals surface area contributed by atoms with E-state index in [0.29, 0.717) is 19.5 Å². The standard InChI is InChI=1S/C13H23N3O5/c1-15(2)13(20)16-6-4-5-9(8-16)11(17)14-7-10(21-3)12(18)19/h9-10H,4-8H2,1-3H3,(H,14,17)(H,18,19). The second-order valence-corrected chi connectivity index (χ2v) is 5.27. The van der Waals surface area contributed by atoms with Gasteiger partial charge in [-0.15, -0.1) is 0 Å². The maximum absolute atomic E-state index is 12.1. The van der Waals surface area contributed by atoms with Gasteiger partial charge < -0.3 is 25.0 Å². The topological polar surface area (TPSA) is 99.2 Å². The van der Waals surface area contributed by atoms with E-state index in [1.807, 2.05) is 0 Å². The van der Waals surface area contributed by atoms with Crippen molar-refractivity contribution in [1.82, 2.24) is 15.1 Å². The Bertz CT molecular complexity index is 399. The average Bonchev–Trinajstić information content (AvgIpc) is 2.46. The van der Waals surface area contributed by atoms with Crippen molar-refractivity contribution in [1.29, 1.82) is 0 Å². The highest BCUT2D eigenvalue weighted by molar-refractivity contribution is 5.81. The summed E-state index contributed by atoms with van der Waals surface area (Å²) in [5.74, 6) is -1.67. The van der Waals surface area contributed by atoms with Gasteiger partial charge in [-0.05, 0) is 12.8 Å². The first-order valence-electron chi connectivity index (χ1n) is 6.86. The minimum atomic E-state index is -1.12. The second kappa shape index (κ2) is 7.82. The number of carboxylic acids is 1. The van der Waals surface area contributed by atoms with Gasteiger partial charge in [-0.1, -0.05) is 0 Å². The van der Waals surface area contributed by atoms with Gasteiger partial charge in [-0.3, -0.25) is 4.79 Å². The molecule has 3 amide bonds. The lowest BCUT2D eigenvalue weighted by atomic mass is 9.97. The van der Waals surface area contributed by atoms with Gasteiger partial charge in [0.2, 0.25) is 5.91 Å². The summed E-state index contributed by atoms with van der Waals surface area (Å²) >= 11 is 0. The molecule has 0 aromatic heterocycles. The lowest BCUT2D eigenvalue weighted by Crippen LogP contribution is -2.49. The Labute approximate surface area is 124 Å². The van der Waals surface area contributed by atoms with Crippen molar-refractivity contribution >= 4 is 17.9 Å². The molecule has 1 fully saturated rings. The quantitative estimate of drug-likeness (QED) is 0.719. The summed E-state index contributed by atoms with van der Waals surface area (Å²) < 4.78 is 4.75. The fraction of sp³-hybridized carbons (Fsp3) is 0.769. The molecule has 1 rings (SSSR count). The SMILES string of the molecule is COC(CNC(=O)C1CCCN(C(=O)N(C)C)C1)C(=O)O. The van der Waals surface area contributed by atoms with E-state index in [1.165, 1.54) is 12.0 Å². The van der Waals surface area contributed by atoms with Crippen LogP contribution in [0.1, 0.15) is 12.8 Å². The fourth-order valence-electron chi connectivity index (χ4n) is 2.26. The van der Waals surface area contributed by atoms with E-state index in [9.17, 15) is 14.4 Å². The van der Waals surface area contributed by atoms with Crippen molar-refractivity contribution in [3.63, 3.8) is 0 Å². The van der Waals surface area contributed by atoms with Crippen LogP contribution < -0.4 is 5.32 Å². The van der Waals surface area contributed by atoms with E-state index in [2.05, 4.69) is 5.32 Å². The molecular weight excluding hydrogens is 278 g/mol. The van der Waals surface area contributed by atoms with Crippen LogP contribution in [0.3, 0.4) is 0 Å². The van der Waals surface area contributed by atoms with Crippen molar-refractivity contribution in [3.05, 3.63) is 0 Å². The maximum atomic E-state index is 12.1. The predicted octanol–water partition coefficient (Wildman–Crippen LogP) is -0.404. The van der Waals surface area contributed by atoms with Gasteiger partial charge in [-0.2, -0.15) is 0 Å². The van der Waals surface area contributed by atoms with Crippen molar-refractivity contribution in [2.45, 2.75) is 18.9 Å². The van der Waals surface area contributed by atoms with E-state index in [1.54, 1.807) is 19.0 Å². The van der Waals surface area contributed by atoms with Crippen LogP contribution in [0.25, 0.3) is 0 Å². The van der Waals surface area contributed by atoms with E-state index in [0.717, 1.165) is 6.42 Å². The van der Waals surface area contributed by atoms with E-state index in [-0.39, 0.29) is 24.4 Å². The number of nitrogens with zero attached hydrogens (tertiary/aromatic N) is 2. The fourth-order valence-corrected chi connectivity index (χ4v) is 2.26. The second-order valence-electron chi connectivity index (χ2n) is 5.27. The summed E-state index contributed by atoms with van der Waals surface area (Å²) in [6.45, 7) is 0.910. The van der Waals surface area contributed by atoms with E-state index >= 15 is 0 Å². The first-order chi connectivity index (χ1) is 9.86. The smallest absolute Gasteiger partial charge is 0.334 e. The van der Waals surface area contributed by atoms with Crippen molar-refractivity contribution in [2.75, 3.05) is 40.8 Å². The molecule has 1 aliphatic heterocycles. The molecule has 0 spiro atoms. The van der Waals surface area contributed by atoms with Gasteiger partial charge in [-0.25, -0.2) is 9.59 Å². The molecular formula is C13H23N3O5. The molecule has 21 heavy (non-hydrogen) atoms. The van der Waals surface area contributed by atoms with Gasteiger partial charge in [0.1, 0.15) is 0 Å². The Morgan fingerprint density at radius 3 is 2.62 bits per heavy atom. The average molecular weight is 301 g/mol. The molecule has 2 N–H and O–H groups in total. The Kier molecular flexibility index (Phi) is 6.41. The zero-order chi connectivity index (χ0) is 16.0. The molecule has 0 saturated carbocycles. The Balaban J connectivity index is 2.50. The monoisotopic (exact) mass is 301 g/mol. The van der Waals surface area contributed by atoms with Gasteiger partial charge >= 0.3 is 12.0 Å². The summed E-state index contributed by atoms with van der Waals surface area (Å²) in [5.41, 5.74) is 0. The minimum absolute atomic E-state index is 0.0806. The van der Waals surface area contributed by atoms with Crippen LogP contribution in [0.2, 0.25) is 0 Å². The van der Waals surface area contributed by atoms with Crippen LogP contribution in [-0.4, -0.2) is 79.8 Å². The van der Waals surface area contributed by atoms with Crippen LogP contribution in [0.15, 0.2) is 0 Å². The molecule has 8 nitrogen and oxygen atoms in total.